The van der Waals surface area contributed by atoms with E-state index in [1.54, 1.807) is 25.1 Å². The second-order valence-electron chi connectivity index (χ2n) is 6.53. The van der Waals surface area contributed by atoms with Crippen molar-refractivity contribution in [3.05, 3.63) is 67.7 Å². The number of carbonyl (C=O) groups is 2. The summed E-state index contributed by atoms with van der Waals surface area (Å²) >= 11 is 12.0. The van der Waals surface area contributed by atoms with Crippen molar-refractivity contribution in [3.8, 4) is 0 Å². The first-order chi connectivity index (χ1) is 13.3. The molecule has 0 aromatic heterocycles. The molecule has 0 unspecified atom stereocenters. The van der Waals surface area contributed by atoms with Crippen molar-refractivity contribution in [3.63, 3.8) is 0 Å². The van der Waals surface area contributed by atoms with Gasteiger partial charge in [0.2, 0.25) is 5.91 Å². The van der Waals surface area contributed by atoms with E-state index in [4.69, 9.17) is 23.2 Å². The van der Waals surface area contributed by atoms with Crippen LogP contribution in [0.2, 0.25) is 10.0 Å². The molecular formula is C19H17Cl2N3O4. The molecule has 1 aliphatic heterocycles. The zero-order valence-corrected chi connectivity index (χ0v) is 16.5. The van der Waals surface area contributed by atoms with E-state index in [1.165, 1.54) is 23.1 Å². The van der Waals surface area contributed by atoms with Crippen LogP contribution in [0, 0.1) is 17.0 Å². The predicted molar refractivity (Wildman–Crippen MR) is 107 cm³/mol. The maximum Gasteiger partial charge on any atom is 0.272 e. The van der Waals surface area contributed by atoms with Gasteiger partial charge in [-0.15, -0.1) is 0 Å². The summed E-state index contributed by atoms with van der Waals surface area (Å²) in [6.45, 7) is 2.00. The molecule has 146 valence electrons. The molecule has 0 spiro atoms. The number of likely N-dealkylation sites (tertiary alicyclic amines) is 1. The summed E-state index contributed by atoms with van der Waals surface area (Å²) in [7, 11) is 0. The SMILES string of the molecule is Cc1cc(C(=O)N2CCC[C@H]2C(=O)Nc2cc(Cl)ccc2Cl)ccc1[N+](=O)[O-]. The standard InChI is InChI=1S/C19H17Cl2N3O4/c1-11-9-12(4-7-16(11)24(27)28)19(26)23-8-2-3-17(23)18(25)22-15-10-13(20)5-6-14(15)21/h4-7,9-10,17H,2-3,8H2,1H3,(H,22,25)/t17-/m0/s1. The second kappa shape index (κ2) is 8.16. The summed E-state index contributed by atoms with van der Waals surface area (Å²) in [6, 6.07) is 8.27. The highest BCUT2D eigenvalue weighted by Crippen LogP contribution is 2.28. The Morgan fingerprint density at radius 1 is 1.21 bits per heavy atom. The number of nitrogens with zero attached hydrogens (tertiary/aromatic N) is 2. The van der Waals surface area contributed by atoms with E-state index < -0.39 is 11.0 Å². The van der Waals surface area contributed by atoms with Crippen molar-refractivity contribution in [2.45, 2.75) is 25.8 Å². The molecule has 1 heterocycles. The molecule has 1 fully saturated rings. The number of carbonyl (C=O) groups excluding carboxylic acids is 2. The molecule has 0 bridgehead atoms. The van der Waals surface area contributed by atoms with Gasteiger partial charge in [0, 0.05) is 28.8 Å². The first-order valence-electron chi connectivity index (χ1n) is 8.60. The zero-order valence-electron chi connectivity index (χ0n) is 14.9. The van der Waals surface area contributed by atoms with Gasteiger partial charge >= 0.3 is 0 Å². The lowest BCUT2D eigenvalue weighted by Crippen LogP contribution is -2.43. The smallest absolute Gasteiger partial charge is 0.272 e. The molecule has 0 aliphatic carbocycles. The normalized spacial score (nSPS) is 16.1. The molecule has 1 aliphatic rings. The maximum atomic E-state index is 12.9. The van der Waals surface area contributed by atoms with E-state index in [0.29, 0.717) is 46.2 Å². The van der Waals surface area contributed by atoms with Gasteiger partial charge < -0.3 is 10.2 Å². The largest absolute Gasteiger partial charge is 0.327 e. The highest BCUT2D eigenvalue weighted by atomic mass is 35.5. The van der Waals surface area contributed by atoms with Crippen LogP contribution in [0.1, 0.15) is 28.8 Å². The number of anilines is 1. The Bertz CT molecular complexity index is 964. The lowest BCUT2D eigenvalue weighted by Gasteiger charge is -2.24. The van der Waals surface area contributed by atoms with E-state index >= 15 is 0 Å². The molecule has 7 nitrogen and oxygen atoms in total. The third-order valence-electron chi connectivity index (χ3n) is 4.64. The lowest BCUT2D eigenvalue weighted by molar-refractivity contribution is -0.385. The highest BCUT2D eigenvalue weighted by molar-refractivity contribution is 6.35. The third-order valence-corrected chi connectivity index (χ3v) is 5.21. The number of rotatable bonds is 4. The average molecular weight is 422 g/mol. The van der Waals surface area contributed by atoms with Crippen LogP contribution in [0.5, 0.6) is 0 Å². The summed E-state index contributed by atoms with van der Waals surface area (Å²) in [5, 5.41) is 14.5. The van der Waals surface area contributed by atoms with Gasteiger partial charge in [0.15, 0.2) is 0 Å². The van der Waals surface area contributed by atoms with Crippen molar-refractivity contribution < 1.29 is 14.5 Å². The Labute approximate surface area is 171 Å². The monoisotopic (exact) mass is 421 g/mol. The topological polar surface area (TPSA) is 92.6 Å². The van der Waals surface area contributed by atoms with E-state index in [9.17, 15) is 19.7 Å². The van der Waals surface area contributed by atoms with Crippen molar-refractivity contribution in [2.24, 2.45) is 0 Å². The number of halogens is 2. The minimum atomic E-state index is -0.655. The number of hydrogen-bond acceptors (Lipinski definition) is 4. The number of benzene rings is 2. The molecule has 9 heteroatoms. The van der Waals surface area contributed by atoms with Gasteiger partial charge in [0.1, 0.15) is 6.04 Å². The summed E-state index contributed by atoms with van der Waals surface area (Å²) in [5.74, 6) is -0.693. The van der Waals surface area contributed by atoms with E-state index in [1.807, 2.05) is 0 Å². The number of hydrogen-bond donors (Lipinski definition) is 1. The Balaban J connectivity index is 1.79. The number of aryl methyl sites for hydroxylation is 1. The summed E-state index contributed by atoms with van der Waals surface area (Å²) in [5.41, 5.74) is 1.03. The van der Waals surface area contributed by atoms with Gasteiger partial charge in [-0.2, -0.15) is 0 Å². The van der Waals surface area contributed by atoms with E-state index in [2.05, 4.69) is 5.32 Å². The number of nitro groups is 1. The van der Waals surface area contributed by atoms with Crippen molar-refractivity contribution in [1.29, 1.82) is 0 Å². The first kappa shape index (κ1) is 20.1. The predicted octanol–water partition coefficient (Wildman–Crippen LogP) is 4.45. The molecule has 2 amide bonds. The van der Waals surface area contributed by atoms with Crippen LogP contribution >= 0.6 is 23.2 Å². The molecule has 3 rings (SSSR count). The number of amides is 2. The van der Waals surface area contributed by atoms with Crippen LogP contribution in [0.15, 0.2) is 36.4 Å². The van der Waals surface area contributed by atoms with Crippen LogP contribution in [0.4, 0.5) is 11.4 Å². The lowest BCUT2D eigenvalue weighted by atomic mass is 10.1. The van der Waals surface area contributed by atoms with Crippen LogP contribution in [-0.2, 0) is 4.79 Å². The molecule has 0 saturated carbocycles. The molecule has 1 atom stereocenters. The summed E-state index contributed by atoms with van der Waals surface area (Å²) in [4.78, 5) is 37.6. The third kappa shape index (κ3) is 4.10. The molecule has 1 saturated heterocycles. The van der Waals surface area contributed by atoms with Crippen LogP contribution < -0.4 is 5.32 Å². The number of nitrogens with one attached hydrogen (secondary N) is 1. The Morgan fingerprint density at radius 2 is 1.96 bits per heavy atom. The molecule has 28 heavy (non-hydrogen) atoms. The summed E-state index contributed by atoms with van der Waals surface area (Å²) < 4.78 is 0. The highest BCUT2D eigenvalue weighted by Gasteiger charge is 2.35. The minimum Gasteiger partial charge on any atom is -0.327 e. The fourth-order valence-electron chi connectivity index (χ4n) is 3.25. The van der Waals surface area contributed by atoms with Crippen LogP contribution in [0.25, 0.3) is 0 Å². The quantitative estimate of drug-likeness (QED) is 0.582. The molecule has 1 N–H and O–H groups in total. The first-order valence-corrected chi connectivity index (χ1v) is 9.35. The fourth-order valence-corrected chi connectivity index (χ4v) is 3.59. The van der Waals surface area contributed by atoms with Gasteiger partial charge in [0.25, 0.3) is 11.6 Å². The fraction of sp³-hybridized carbons (Fsp3) is 0.263. The molecule has 2 aromatic carbocycles. The minimum absolute atomic E-state index is 0.0529. The van der Waals surface area contributed by atoms with Crippen molar-refractivity contribution in [2.75, 3.05) is 11.9 Å². The average Bonchev–Trinajstić information content (AvgIpc) is 3.13. The Hall–Kier alpha value is -2.64. The number of nitro benzene ring substituents is 1. The molecule has 0 radical (unpaired) electrons. The van der Waals surface area contributed by atoms with E-state index in [-0.39, 0.29) is 17.5 Å². The Kier molecular flexibility index (Phi) is 5.86. The second-order valence-corrected chi connectivity index (χ2v) is 7.37. The van der Waals surface area contributed by atoms with Gasteiger partial charge in [-0.3, -0.25) is 19.7 Å². The van der Waals surface area contributed by atoms with Crippen molar-refractivity contribution >= 4 is 46.4 Å². The molecular weight excluding hydrogens is 405 g/mol. The van der Waals surface area contributed by atoms with Crippen molar-refractivity contribution in [1.82, 2.24) is 4.90 Å². The van der Waals surface area contributed by atoms with E-state index in [0.717, 1.165) is 0 Å². The Morgan fingerprint density at radius 3 is 2.64 bits per heavy atom. The zero-order chi connectivity index (χ0) is 20.4. The van der Waals surface area contributed by atoms with Gasteiger partial charge in [-0.1, -0.05) is 23.2 Å². The van der Waals surface area contributed by atoms with Gasteiger partial charge in [-0.05, 0) is 50.1 Å². The van der Waals surface area contributed by atoms with Gasteiger partial charge in [0.05, 0.1) is 15.6 Å². The van der Waals surface area contributed by atoms with Gasteiger partial charge in [-0.25, -0.2) is 0 Å². The van der Waals surface area contributed by atoms with Crippen LogP contribution in [0.3, 0.4) is 0 Å². The van der Waals surface area contributed by atoms with Crippen LogP contribution in [-0.4, -0.2) is 34.2 Å². The molecule has 2 aromatic rings. The summed E-state index contributed by atoms with van der Waals surface area (Å²) in [6.07, 6.45) is 1.20. The maximum absolute atomic E-state index is 12.9.